The van der Waals surface area contributed by atoms with Crippen LogP contribution in [-0.4, -0.2) is 22.1 Å². The molecule has 1 atom stereocenters. The zero-order chi connectivity index (χ0) is 12.3. The van der Waals surface area contributed by atoms with Crippen molar-refractivity contribution in [2.24, 2.45) is 0 Å². The minimum atomic E-state index is -1.46. The fourth-order valence-electron chi connectivity index (χ4n) is 1.23. The lowest BCUT2D eigenvalue weighted by Gasteiger charge is -2.14. The standard InChI is InChI=1S/C10H10FNO4/c1-5(13)12-9(10(15)16)7-4-6(11)2-3-8(7)14/h2-4,9,14H,1H3,(H,12,13)(H,15,16). The molecule has 0 saturated carbocycles. The molecule has 1 unspecified atom stereocenters. The summed E-state index contributed by atoms with van der Waals surface area (Å²) in [5, 5.41) is 20.3. The van der Waals surface area contributed by atoms with E-state index in [4.69, 9.17) is 5.11 Å². The minimum Gasteiger partial charge on any atom is -0.508 e. The molecule has 6 heteroatoms. The molecule has 0 aromatic heterocycles. The molecule has 0 heterocycles. The lowest BCUT2D eigenvalue weighted by atomic mass is 10.1. The third-order valence-electron chi connectivity index (χ3n) is 1.90. The van der Waals surface area contributed by atoms with Gasteiger partial charge in [0.25, 0.3) is 0 Å². The molecule has 16 heavy (non-hydrogen) atoms. The normalized spacial score (nSPS) is 11.9. The van der Waals surface area contributed by atoms with Gasteiger partial charge in [0.15, 0.2) is 6.04 Å². The van der Waals surface area contributed by atoms with Crippen molar-refractivity contribution in [3.63, 3.8) is 0 Å². The Balaban J connectivity index is 3.14. The number of aromatic hydroxyl groups is 1. The van der Waals surface area contributed by atoms with Crippen LogP contribution in [0.25, 0.3) is 0 Å². The lowest BCUT2D eigenvalue weighted by Crippen LogP contribution is -2.32. The van der Waals surface area contributed by atoms with Gasteiger partial charge in [0, 0.05) is 12.5 Å². The molecule has 0 saturated heterocycles. The van der Waals surface area contributed by atoms with Gasteiger partial charge in [0.2, 0.25) is 5.91 Å². The van der Waals surface area contributed by atoms with E-state index in [0.717, 1.165) is 25.1 Å². The summed E-state index contributed by atoms with van der Waals surface area (Å²) in [5.41, 5.74) is -0.192. The zero-order valence-electron chi connectivity index (χ0n) is 8.40. The first-order valence-electron chi connectivity index (χ1n) is 4.40. The smallest absolute Gasteiger partial charge is 0.331 e. The van der Waals surface area contributed by atoms with Gasteiger partial charge in [0.05, 0.1) is 0 Å². The van der Waals surface area contributed by atoms with E-state index in [1.54, 1.807) is 0 Å². The summed E-state index contributed by atoms with van der Waals surface area (Å²) in [6, 6.07) is 1.42. The number of benzene rings is 1. The molecule has 0 aliphatic rings. The van der Waals surface area contributed by atoms with Crippen molar-refractivity contribution < 1.29 is 24.2 Å². The fourth-order valence-corrected chi connectivity index (χ4v) is 1.23. The Morgan fingerprint density at radius 3 is 2.56 bits per heavy atom. The fraction of sp³-hybridized carbons (Fsp3) is 0.200. The number of carboxylic acid groups (broad SMARTS) is 1. The van der Waals surface area contributed by atoms with E-state index in [9.17, 15) is 19.1 Å². The number of carboxylic acids is 1. The average molecular weight is 227 g/mol. The van der Waals surface area contributed by atoms with Gasteiger partial charge in [0.1, 0.15) is 11.6 Å². The highest BCUT2D eigenvalue weighted by Gasteiger charge is 2.24. The molecule has 0 spiro atoms. The minimum absolute atomic E-state index is 0.192. The van der Waals surface area contributed by atoms with E-state index in [-0.39, 0.29) is 11.3 Å². The van der Waals surface area contributed by atoms with Crippen LogP contribution in [-0.2, 0) is 9.59 Å². The highest BCUT2D eigenvalue weighted by Crippen LogP contribution is 2.25. The molecule has 0 aliphatic heterocycles. The number of phenols is 1. The van der Waals surface area contributed by atoms with Crippen molar-refractivity contribution in [2.75, 3.05) is 0 Å². The van der Waals surface area contributed by atoms with Crippen molar-refractivity contribution in [1.29, 1.82) is 0 Å². The molecular weight excluding hydrogens is 217 g/mol. The first-order valence-corrected chi connectivity index (χ1v) is 4.40. The Morgan fingerprint density at radius 1 is 1.44 bits per heavy atom. The number of halogens is 1. The van der Waals surface area contributed by atoms with Gasteiger partial charge in [-0.25, -0.2) is 9.18 Å². The van der Waals surface area contributed by atoms with Gasteiger partial charge in [-0.15, -0.1) is 0 Å². The summed E-state index contributed by atoms with van der Waals surface area (Å²) in [5.74, 6) is -3.04. The number of nitrogens with one attached hydrogen (secondary N) is 1. The summed E-state index contributed by atoms with van der Waals surface area (Å²) >= 11 is 0. The Morgan fingerprint density at radius 2 is 2.06 bits per heavy atom. The monoisotopic (exact) mass is 227 g/mol. The van der Waals surface area contributed by atoms with E-state index in [0.29, 0.717) is 0 Å². The molecule has 1 amide bonds. The van der Waals surface area contributed by atoms with Gasteiger partial charge in [-0.2, -0.15) is 0 Å². The van der Waals surface area contributed by atoms with Crippen LogP contribution >= 0.6 is 0 Å². The van der Waals surface area contributed by atoms with Crippen LogP contribution < -0.4 is 5.32 Å². The molecule has 1 aromatic rings. The third kappa shape index (κ3) is 2.69. The van der Waals surface area contributed by atoms with Crippen molar-refractivity contribution >= 4 is 11.9 Å². The van der Waals surface area contributed by atoms with Crippen molar-refractivity contribution in [1.82, 2.24) is 5.32 Å². The maximum atomic E-state index is 12.9. The maximum Gasteiger partial charge on any atom is 0.331 e. The van der Waals surface area contributed by atoms with Crippen LogP contribution in [0.5, 0.6) is 5.75 Å². The lowest BCUT2D eigenvalue weighted by molar-refractivity contribution is -0.141. The first-order chi connectivity index (χ1) is 7.41. The highest BCUT2D eigenvalue weighted by molar-refractivity contribution is 5.83. The van der Waals surface area contributed by atoms with Crippen molar-refractivity contribution in [3.05, 3.63) is 29.6 Å². The second kappa shape index (κ2) is 4.61. The number of phenolic OH excluding ortho intramolecular Hbond substituents is 1. The third-order valence-corrected chi connectivity index (χ3v) is 1.90. The quantitative estimate of drug-likeness (QED) is 0.712. The molecule has 3 N–H and O–H groups in total. The summed E-state index contributed by atoms with van der Waals surface area (Å²) in [4.78, 5) is 21.6. The topological polar surface area (TPSA) is 86.6 Å². The summed E-state index contributed by atoms with van der Waals surface area (Å²) < 4.78 is 12.9. The summed E-state index contributed by atoms with van der Waals surface area (Å²) in [6.45, 7) is 1.13. The van der Waals surface area contributed by atoms with E-state index < -0.39 is 23.7 Å². The molecule has 0 fully saturated rings. The van der Waals surface area contributed by atoms with E-state index in [2.05, 4.69) is 5.32 Å². The Bertz CT molecular complexity index is 433. The molecule has 0 aliphatic carbocycles. The molecule has 5 nitrogen and oxygen atoms in total. The molecule has 0 bridgehead atoms. The van der Waals surface area contributed by atoms with E-state index >= 15 is 0 Å². The number of hydrogen-bond acceptors (Lipinski definition) is 3. The van der Waals surface area contributed by atoms with Gasteiger partial charge >= 0.3 is 5.97 Å². The van der Waals surface area contributed by atoms with Crippen LogP contribution in [0.4, 0.5) is 4.39 Å². The first kappa shape index (κ1) is 12.0. The molecule has 0 radical (unpaired) electrons. The Kier molecular flexibility index (Phi) is 3.44. The molecule has 1 aromatic carbocycles. The predicted molar refractivity (Wildman–Crippen MR) is 52.3 cm³/mol. The van der Waals surface area contributed by atoms with Gasteiger partial charge < -0.3 is 15.5 Å². The number of hydrogen-bond donors (Lipinski definition) is 3. The van der Waals surface area contributed by atoms with Crippen LogP contribution in [0.15, 0.2) is 18.2 Å². The second-order valence-corrected chi connectivity index (χ2v) is 3.17. The van der Waals surface area contributed by atoms with Crippen molar-refractivity contribution in [2.45, 2.75) is 13.0 Å². The van der Waals surface area contributed by atoms with Crippen LogP contribution in [0, 0.1) is 5.82 Å². The van der Waals surface area contributed by atoms with E-state index in [1.165, 1.54) is 0 Å². The second-order valence-electron chi connectivity index (χ2n) is 3.17. The SMILES string of the molecule is CC(=O)NC(C(=O)O)c1cc(F)ccc1O. The van der Waals surface area contributed by atoms with Crippen LogP contribution in [0.2, 0.25) is 0 Å². The largest absolute Gasteiger partial charge is 0.508 e. The Labute approximate surface area is 90.5 Å². The van der Waals surface area contributed by atoms with Gasteiger partial charge in [-0.1, -0.05) is 0 Å². The number of amides is 1. The zero-order valence-corrected chi connectivity index (χ0v) is 8.40. The molecule has 1 rings (SSSR count). The van der Waals surface area contributed by atoms with Crippen LogP contribution in [0.3, 0.4) is 0 Å². The molecular formula is C10H10FNO4. The van der Waals surface area contributed by atoms with Gasteiger partial charge in [-0.3, -0.25) is 4.79 Å². The van der Waals surface area contributed by atoms with Crippen LogP contribution in [0.1, 0.15) is 18.5 Å². The Hall–Kier alpha value is -2.11. The number of aliphatic carboxylic acids is 1. The average Bonchev–Trinajstić information content (AvgIpc) is 2.18. The number of carbonyl (C=O) groups is 2. The molecule has 86 valence electrons. The highest BCUT2D eigenvalue weighted by atomic mass is 19.1. The van der Waals surface area contributed by atoms with E-state index in [1.807, 2.05) is 0 Å². The predicted octanol–water partition coefficient (Wildman–Crippen LogP) is 0.793. The summed E-state index contributed by atoms with van der Waals surface area (Å²) in [6.07, 6.45) is 0. The van der Waals surface area contributed by atoms with Crippen molar-refractivity contribution in [3.8, 4) is 5.75 Å². The van der Waals surface area contributed by atoms with Gasteiger partial charge in [-0.05, 0) is 18.2 Å². The number of carbonyl (C=O) groups excluding carboxylic acids is 1. The summed E-state index contributed by atoms with van der Waals surface area (Å²) in [7, 11) is 0. The maximum absolute atomic E-state index is 12.9. The number of rotatable bonds is 3.